The summed E-state index contributed by atoms with van der Waals surface area (Å²) in [5.74, 6) is -0.261. The van der Waals surface area contributed by atoms with Crippen LogP contribution < -0.4 is 10.2 Å². The SMILES string of the molecule is CN(C)c1ccncc1NC(=O)c1ccc(Br)cn1. The Morgan fingerprint density at radius 3 is 2.68 bits per heavy atom. The predicted molar refractivity (Wildman–Crippen MR) is 78.5 cm³/mol. The highest BCUT2D eigenvalue weighted by molar-refractivity contribution is 9.10. The minimum atomic E-state index is -0.261. The third kappa shape index (κ3) is 3.29. The number of halogens is 1. The summed E-state index contributed by atoms with van der Waals surface area (Å²) in [6.07, 6.45) is 4.89. The second kappa shape index (κ2) is 5.79. The number of carbonyl (C=O) groups excluding carboxylic acids is 1. The summed E-state index contributed by atoms with van der Waals surface area (Å²) >= 11 is 3.28. The second-order valence-electron chi connectivity index (χ2n) is 4.10. The summed E-state index contributed by atoms with van der Waals surface area (Å²) in [6, 6.07) is 5.27. The number of amides is 1. The molecule has 19 heavy (non-hydrogen) atoms. The van der Waals surface area contributed by atoms with Crippen LogP contribution in [0.4, 0.5) is 11.4 Å². The highest BCUT2D eigenvalue weighted by Crippen LogP contribution is 2.22. The minimum absolute atomic E-state index is 0.261. The maximum absolute atomic E-state index is 12.1. The van der Waals surface area contributed by atoms with E-state index in [1.54, 1.807) is 30.7 Å². The molecule has 98 valence electrons. The van der Waals surface area contributed by atoms with E-state index in [0.29, 0.717) is 11.4 Å². The van der Waals surface area contributed by atoms with Crippen molar-refractivity contribution in [3.63, 3.8) is 0 Å². The maximum atomic E-state index is 12.1. The first-order valence-electron chi connectivity index (χ1n) is 5.62. The first-order valence-corrected chi connectivity index (χ1v) is 6.41. The average Bonchev–Trinajstić information content (AvgIpc) is 2.39. The lowest BCUT2D eigenvalue weighted by Gasteiger charge is -2.16. The quantitative estimate of drug-likeness (QED) is 0.944. The van der Waals surface area contributed by atoms with Crippen molar-refractivity contribution in [3.8, 4) is 0 Å². The number of pyridine rings is 2. The van der Waals surface area contributed by atoms with Gasteiger partial charge in [-0.05, 0) is 34.1 Å². The van der Waals surface area contributed by atoms with Crippen LogP contribution in [0, 0.1) is 0 Å². The molecule has 2 rings (SSSR count). The molecule has 1 N–H and O–H groups in total. The molecule has 2 aromatic rings. The normalized spacial score (nSPS) is 10.1. The summed E-state index contributed by atoms with van der Waals surface area (Å²) in [5, 5.41) is 2.81. The summed E-state index contributed by atoms with van der Waals surface area (Å²) in [5.41, 5.74) is 1.90. The van der Waals surface area contributed by atoms with Gasteiger partial charge in [0, 0.05) is 31.0 Å². The number of aromatic nitrogens is 2. The molecule has 6 heteroatoms. The molecular formula is C13H13BrN4O. The molecule has 0 aliphatic heterocycles. The van der Waals surface area contributed by atoms with Crippen molar-refractivity contribution < 1.29 is 4.79 Å². The Hall–Kier alpha value is -1.95. The molecule has 0 fully saturated rings. The fourth-order valence-electron chi connectivity index (χ4n) is 1.57. The van der Waals surface area contributed by atoms with Crippen LogP contribution in [0.1, 0.15) is 10.5 Å². The standard InChI is InChI=1S/C13H13BrN4O/c1-18(2)12-5-6-15-8-11(12)17-13(19)10-4-3-9(14)7-16-10/h3-8H,1-2H3,(H,17,19). The topological polar surface area (TPSA) is 58.1 Å². The summed E-state index contributed by atoms with van der Waals surface area (Å²) in [4.78, 5) is 22.0. The van der Waals surface area contributed by atoms with Gasteiger partial charge in [0.05, 0.1) is 17.6 Å². The van der Waals surface area contributed by atoms with Gasteiger partial charge >= 0.3 is 0 Å². The smallest absolute Gasteiger partial charge is 0.274 e. The third-order valence-corrected chi connectivity index (χ3v) is 2.96. The van der Waals surface area contributed by atoms with Crippen LogP contribution in [0.15, 0.2) is 41.3 Å². The summed E-state index contributed by atoms with van der Waals surface area (Å²) < 4.78 is 0.833. The molecular weight excluding hydrogens is 308 g/mol. The lowest BCUT2D eigenvalue weighted by Crippen LogP contribution is -2.17. The number of carbonyl (C=O) groups is 1. The molecule has 0 spiro atoms. The van der Waals surface area contributed by atoms with E-state index in [-0.39, 0.29) is 5.91 Å². The van der Waals surface area contributed by atoms with Crippen molar-refractivity contribution in [1.82, 2.24) is 9.97 Å². The van der Waals surface area contributed by atoms with Crippen LogP contribution in [0.3, 0.4) is 0 Å². The lowest BCUT2D eigenvalue weighted by molar-refractivity contribution is 0.102. The van der Waals surface area contributed by atoms with Crippen molar-refractivity contribution in [3.05, 3.63) is 47.0 Å². The zero-order valence-corrected chi connectivity index (χ0v) is 12.2. The fraction of sp³-hybridized carbons (Fsp3) is 0.154. The molecule has 0 saturated heterocycles. The molecule has 2 aromatic heterocycles. The average molecular weight is 321 g/mol. The molecule has 2 heterocycles. The molecule has 0 radical (unpaired) electrons. The van der Waals surface area contributed by atoms with Gasteiger partial charge in [0.25, 0.3) is 5.91 Å². The minimum Gasteiger partial charge on any atom is -0.376 e. The Morgan fingerprint density at radius 1 is 1.26 bits per heavy atom. The van der Waals surface area contributed by atoms with E-state index in [9.17, 15) is 4.79 Å². The third-order valence-electron chi connectivity index (χ3n) is 2.49. The van der Waals surface area contributed by atoms with Crippen LogP contribution >= 0.6 is 15.9 Å². The van der Waals surface area contributed by atoms with Gasteiger partial charge in [-0.25, -0.2) is 4.98 Å². The number of hydrogen-bond acceptors (Lipinski definition) is 4. The van der Waals surface area contributed by atoms with Gasteiger partial charge in [0.1, 0.15) is 5.69 Å². The molecule has 0 aliphatic rings. The van der Waals surface area contributed by atoms with E-state index >= 15 is 0 Å². The molecule has 5 nitrogen and oxygen atoms in total. The Labute approximate surface area is 119 Å². The van der Waals surface area contributed by atoms with E-state index in [1.165, 1.54) is 0 Å². The molecule has 0 aliphatic carbocycles. The van der Waals surface area contributed by atoms with Crippen molar-refractivity contribution in [2.45, 2.75) is 0 Å². The molecule has 0 bridgehead atoms. The van der Waals surface area contributed by atoms with E-state index in [1.807, 2.05) is 25.1 Å². The molecule has 0 atom stereocenters. The Bertz CT molecular complexity index is 583. The Balaban J connectivity index is 2.22. The molecule has 1 amide bonds. The molecule has 0 unspecified atom stereocenters. The Kier molecular flexibility index (Phi) is 4.11. The fourth-order valence-corrected chi connectivity index (χ4v) is 1.80. The van der Waals surface area contributed by atoms with E-state index in [0.717, 1.165) is 10.2 Å². The monoisotopic (exact) mass is 320 g/mol. The van der Waals surface area contributed by atoms with Crippen molar-refractivity contribution in [1.29, 1.82) is 0 Å². The predicted octanol–water partition coefficient (Wildman–Crippen LogP) is 2.56. The van der Waals surface area contributed by atoms with Crippen LogP contribution in [-0.4, -0.2) is 30.0 Å². The van der Waals surface area contributed by atoms with Gasteiger partial charge in [-0.1, -0.05) is 0 Å². The van der Waals surface area contributed by atoms with Crippen LogP contribution in [0.2, 0.25) is 0 Å². The molecule has 0 saturated carbocycles. The van der Waals surface area contributed by atoms with Crippen molar-refractivity contribution >= 4 is 33.2 Å². The van der Waals surface area contributed by atoms with Crippen molar-refractivity contribution in [2.75, 3.05) is 24.3 Å². The summed E-state index contributed by atoms with van der Waals surface area (Å²) in [6.45, 7) is 0. The van der Waals surface area contributed by atoms with E-state index < -0.39 is 0 Å². The van der Waals surface area contributed by atoms with Gasteiger partial charge in [-0.3, -0.25) is 9.78 Å². The summed E-state index contributed by atoms with van der Waals surface area (Å²) in [7, 11) is 3.81. The van der Waals surface area contributed by atoms with Gasteiger partial charge in [-0.2, -0.15) is 0 Å². The number of rotatable bonds is 3. The maximum Gasteiger partial charge on any atom is 0.274 e. The zero-order valence-electron chi connectivity index (χ0n) is 10.6. The number of nitrogens with one attached hydrogen (secondary N) is 1. The number of nitrogens with zero attached hydrogens (tertiary/aromatic N) is 3. The first-order chi connectivity index (χ1) is 9.08. The van der Waals surface area contributed by atoms with Crippen LogP contribution in [0.5, 0.6) is 0 Å². The highest BCUT2D eigenvalue weighted by Gasteiger charge is 2.11. The van der Waals surface area contributed by atoms with Crippen LogP contribution in [0.25, 0.3) is 0 Å². The van der Waals surface area contributed by atoms with Gasteiger partial charge in [-0.15, -0.1) is 0 Å². The number of hydrogen-bond donors (Lipinski definition) is 1. The van der Waals surface area contributed by atoms with Crippen molar-refractivity contribution in [2.24, 2.45) is 0 Å². The lowest BCUT2D eigenvalue weighted by atomic mass is 10.3. The molecule has 0 aromatic carbocycles. The van der Waals surface area contributed by atoms with E-state index in [4.69, 9.17) is 0 Å². The highest BCUT2D eigenvalue weighted by atomic mass is 79.9. The Morgan fingerprint density at radius 2 is 2.05 bits per heavy atom. The largest absolute Gasteiger partial charge is 0.376 e. The van der Waals surface area contributed by atoms with Gasteiger partial charge < -0.3 is 10.2 Å². The van der Waals surface area contributed by atoms with E-state index in [2.05, 4.69) is 31.2 Å². The first kappa shape index (κ1) is 13.5. The van der Waals surface area contributed by atoms with Gasteiger partial charge in [0.2, 0.25) is 0 Å². The zero-order chi connectivity index (χ0) is 13.8. The number of anilines is 2. The van der Waals surface area contributed by atoms with Gasteiger partial charge in [0.15, 0.2) is 0 Å². The van der Waals surface area contributed by atoms with Crippen LogP contribution in [-0.2, 0) is 0 Å². The second-order valence-corrected chi connectivity index (χ2v) is 5.02.